The standard InChI is InChI=1S/C20H34N2O7/c1-18(2,3)29-17(26)21-20(7-8-28-19(4,5)12-20)16(25)22-10-13(15(24)27-6)9-14(23)11-22/h13-14,23H,7-12H2,1-6H3,(H,21,26). The minimum atomic E-state index is -1.25. The molecule has 0 aromatic carbocycles. The Kier molecular flexibility index (Phi) is 6.84. The van der Waals surface area contributed by atoms with E-state index in [0.29, 0.717) is 0 Å². The summed E-state index contributed by atoms with van der Waals surface area (Å²) in [6.07, 6.45) is -0.788. The van der Waals surface area contributed by atoms with Crippen LogP contribution in [0.2, 0.25) is 0 Å². The van der Waals surface area contributed by atoms with Crippen LogP contribution in [0.25, 0.3) is 0 Å². The third-order valence-electron chi connectivity index (χ3n) is 5.15. The van der Waals surface area contributed by atoms with Gasteiger partial charge in [-0.2, -0.15) is 0 Å². The number of rotatable bonds is 3. The first kappa shape index (κ1) is 23.4. The second kappa shape index (κ2) is 8.47. The first-order valence-electron chi connectivity index (χ1n) is 9.97. The van der Waals surface area contributed by atoms with Crippen molar-refractivity contribution in [1.29, 1.82) is 0 Å². The molecule has 29 heavy (non-hydrogen) atoms. The molecular formula is C20H34N2O7. The number of nitrogens with zero attached hydrogens (tertiary/aromatic N) is 1. The SMILES string of the molecule is COC(=O)C1CC(O)CN(C(=O)C2(NC(=O)OC(C)(C)C)CCOC(C)(C)C2)C1. The first-order chi connectivity index (χ1) is 13.3. The number of amides is 2. The Balaban J connectivity index is 2.29. The van der Waals surface area contributed by atoms with Crippen LogP contribution in [-0.2, 0) is 23.8 Å². The number of piperidine rings is 1. The van der Waals surface area contributed by atoms with Gasteiger partial charge in [-0.05, 0) is 41.0 Å². The summed E-state index contributed by atoms with van der Waals surface area (Å²) in [4.78, 5) is 39.6. The van der Waals surface area contributed by atoms with Crippen LogP contribution < -0.4 is 5.32 Å². The fourth-order valence-electron chi connectivity index (χ4n) is 4.09. The summed E-state index contributed by atoms with van der Waals surface area (Å²) in [6, 6.07) is 0. The maximum Gasteiger partial charge on any atom is 0.408 e. The predicted octanol–water partition coefficient (Wildman–Crippen LogP) is 1.22. The van der Waals surface area contributed by atoms with E-state index in [1.54, 1.807) is 20.8 Å². The molecule has 2 heterocycles. The van der Waals surface area contributed by atoms with E-state index in [-0.39, 0.29) is 44.9 Å². The molecule has 2 aliphatic heterocycles. The quantitative estimate of drug-likeness (QED) is 0.668. The molecule has 2 aliphatic rings. The minimum absolute atomic E-state index is 0.0887. The van der Waals surface area contributed by atoms with Gasteiger partial charge in [0.15, 0.2) is 0 Å². The van der Waals surface area contributed by atoms with Gasteiger partial charge in [-0.25, -0.2) is 4.79 Å². The highest BCUT2D eigenvalue weighted by Crippen LogP contribution is 2.35. The van der Waals surface area contributed by atoms with Crippen LogP contribution >= 0.6 is 0 Å². The average molecular weight is 414 g/mol. The van der Waals surface area contributed by atoms with Gasteiger partial charge in [0.05, 0.1) is 31.3 Å². The van der Waals surface area contributed by atoms with Crippen LogP contribution in [0.5, 0.6) is 0 Å². The second-order valence-corrected chi connectivity index (χ2v) is 9.56. The number of likely N-dealkylation sites (tertiary alicyclic amines) is 1. The number of ether oxygens (including phenoxy) is 3. The number of methoxy groups -OCH3 is 1. The number of nitrogens with one attached hydrogen (secondary N) is 1. The zero-order valence-corrected chi connectivity index (χ0v) is 18.2. The van der Waals surface area contributed by atoms with Crippen LogP contribution in [0.3, 0.4) is 0 Å². The second-order valence-electron chi connectivity index (χ2n) is 9.56. The highest BCUT2D eigenvalue weighted by Gasteiger charge is 2.51. The molecule has 0 bridgehead atoms. The Bertz CT molecular complexity index is 643. The zero-order valence-electron chi connectivity index (χ0n) is 18.2. The third kappa shape index (κ3) is 6.05. The van der Waals surface area contributed by atoms with E-state index in [1.165, 1.54) is 12.0 Å². The van der Waals surface area contributed by atoms with Crippen molar-refractivity contribution < 1.29 is 33.7 Å². The van der Waals surface area contributed by atoms with Crippen LogP contribution in [-0.4, -0.2) is 77.6 Å². The molecule has 0 saturated carbocycles. The van der Waals surface area contributed by atoms with Crippen LogP contribution in [0.15, 0.2) is 0 Å². The van der Waals surface area contributed by atoms with Crippen LogP contribution in [0, 0.1) is 5.92 Å². The fraction of sp³-hybridized carbons (Fsp3) is 0.850. The highest BCUT2D eigenvalue weighted by atomic mass is 16.6. The first-order valence-corrected chi connectivity index (χ1v) is 9.97. The molecule has 9 heteroatoms. The van der Waals surface area contributed by atoms with Crippen molar-refractivity contribution in [1.82, 2.24) is 10.2 Å². The summed E-state index contributed by atoms with van der Waals surface area (Å²) in [5.74, 6) is -1.44. The van der Waals surface area contributed by atoms with Crippen molar-refractivity contribution >= 4 is 18.0 Å². The summed E-state index contributed by atoms with van der Waals surface area (Å²) in [5.41, 5.74) is -2.60. The number of β-amino-alcohol motifs (C(OH)–C–C–N with tert-alkyl or cyclic N) is 1. The summed E-state index contributed by atoms with van der Waals surface area (Å²) in [7, 11) is 1.28. The number of hydrogen-bond acceptors (Lipinski definition) is 7. The fourth-order valence-corrected chi connectivity index (χ4v) is 4.09. The third-order valence-corrected chi connectivity index (χ3v) is 5.15. The smallest absolute Gasteiger partial charge is 0.408 e. The van der Waals surface area contributed by atoms with Crippen molar-refractivity contribution in [3.63, 3.8) is 0 Å². The lowest BCUT2D eigenvalue weighted by atomic mass is 9.79. The summed E-state index contributed by atoms with van der Waals surface area (Å²) >= 11 is 0. The molecule has 0 aromatic rings. The van der Waals surface area contributed by atoms with Gasteiger partial charge < -0.3 is 29.5 Å². The molecule has 2 saturated heterocycles. The topological polar surface area (TPSA) is 114 Å². The van der Waals surface area contributed by atoms with Gasteiger partial charge in [-0.15, -0.1) is 0 Å². The van der Waals surface area contributed by atoms with Gasteiger partial charge in [-0.3, -0.25) is 9.59 Å². The lowest BCUT2D eigenvalue weighted by molar-refractivity contribution is -0.160. The molecule has 2 N–H and O–H groups in total. The molecule has 3 atom stereocenters. The Morgan fingerprint density at radius 3 is 2.41 bits per heavy atom. The van der Waals surface area contributed by atoms with Gasteiger partial charge >= 0.3 is 12.1 Å². The molecular weight excluding hydrogens is 380 g/mol. The molecule has 0 aliphatic carbocycles. The Morgan fingerprint density at radius 1 is 1.21 bits per heavy atom. The summed E-state index contributed by atoms with van der Waals surface area (Å²) in [5, 5.41) is 13.0. The van der Waals surface area contributed by atoms with Crippen molar-refractivity contribution in [2.24, 2.45) is 5.92 Å². The van der Waals surface area contributed by atoms with Crippen molar-refractivity contribution in [3.05, 3.63) is 0 Å². The van der Waals surface area contributed by atoms with E-state index in [2.05, 4.69) is 5.32 Å². The lowest BCUT2D eigenvalue weighted by Gasteiger charge is -2.47. The monoisotopic (exact) mass is 414 g/mol. The maximum atomic E-state index is 13.6. The minimum Gasteiger partial charge on any atom is -0.469 e. The number of carbonyl (C=O) groups excluding carboxylic acids is 3. The van der Waals surface area contributed by atoms with Crippen molar-refractivity contribution in [3.8, 4) is 0 Å². The molecule has 9 nitrogen and oxygen atoms in total. The largest absolute Gasteiger partial charge is 0.469 e. The van der Waals surface area contributed by atoms with E-state index >= 15 is 0 Å². The average Bonchev–Trinajstić information content (AvgIpc) is 2.57. The molecule has 0 radical (unpaired) electrons. The zero-order chi connectivity index (χ0) is 22.0. The number of aliphatic hydroxyl groups excluding tert-OH is 1. The Hall–Kier alpha value is -1.87. The summed E-state index contributed by atoms with van der Waals surface area (Å²) < 4.78 is 15.9. The number of carbonyl (C=O) groups is 3. The lowest BCUT2D eigenvalue weighted by Crippen LogP contribution is -2.67. The molecule has 2 amide bonds. The van der Waals surface area contributed by atoms with Crippen molar-refractivity contribution in [2.45, 2.75) is 76.7 Å². The highest BCUT2D eigenvalue weighted by molar-refractivity contribution is 5.91. The van der Waals surface area contributed by atoms with Crippen LogP contribution in [0.4, 0.5) is 4.79 Å². The number of aliphatic hydroxyl groups is 1. The number of hydrogen-bond donors (Lipinski definition) is 2. The predicted molar refractivity (Wildman–Crippen MR) is 104 cm³/mol. The van der Waals surface area contributed by atoms with Crippen molar-refractivity contribution in [2.75, 3.05) is 26.8 Å². The molecule has 0 spiro atoms. The van der Waals surface area contributed by atoms with Gasteiger partial charge in [-0.1, -0.05) is 0 Å². The molecule has 3 unspecified atom stereocenters. The van der Waals surface area contributed by atoms with Crippen LogP contribution in [0.1, 0.15) is 53.9 Å². The van der Waals surface area contributed by atoms with Gasteiger partial charge in [0.1, 0.15) is 11.1 Å². The Morgan fingerprint density at radius 2 is 1.86 bits per heavy atom. The van der Waals surface area contributed by atoms with E-state index in [4.69, 9.17) is 14.2 Å². The van der Waals surface area contributed by atoms with E-state index in [9.17, 15) is 19.5 Å². The maximum absolute atomic E-state index is 13.6. The summed E-state index contributed by atoms with van der Waals surface area (Å²) in [6.45, 7) is 9.45. The number of alkyl carbamates (subject to hydrolysis) is 1. The van der Waals surface area contributed by atoms with Gasteiger partial charge in [0.25, 0.3) is 0 Å². The van der Waals surface area contributed by atoms with Gasteiger partial charge in [0.2, 0.25) is 5.91 Å². The molecule has 0 aromatic heterocycles. The molecule has 2 rings (SSSR count). The normalized spacial score (nSPS) is 29.7. The van der Waals surface area contributed by atoms with E-state index < -0.39 is 40.8 Å². The molecule has 166 valence electrons. The van der Waals surface area contributed by atoms with E-state index in [0.717, 1.165) is 0 Å². The number of esters is 1. The van der Waals surface area contributed by atoms with E-state index in [1.807, 2.05) is 13.8 Å². The van der Waals surface area contributed by atoms with Gasteiger partial charge in [0, 0.05) is 25.9 Å². The Labute approximate surface area is 172 Å². The molecule has 2 fully saturated rings.